The van der Waals surface area contributed by atoms with Gasteiger partial charge in [-0.3, -0.25) is 14.6 Å². The van der Waals surface area contributed by atoms with Crippen molar-refractivity contribution in [3.05, 3.63) is 36.0 Å². The maximum atomic E-state index is 13.0. The fourth-order valence-corrected chi connectivity index (χ4v) is 4.78. The molecule has 1 atom stereocenters. The number of nitrogens with zero attached hydrogens (tertiary/aromatic N) is 3. The minimum Gasteiger partial charge on any atom is -0.493 e. The van der Waals surface area contributed by atoms with E-state index in [9.17, 15) is 18.4 Å². The number of nitriles is 1. The number of fused-ring (bicyclic) bond motifs is 1. The lowest BCUT2D eigenvalue weighted by atomic mass is 9.82. The smallest absolute Gasteiger partial charge is 0.252 e. The van der Waals surface area contributed by atoms with E-state index < -0.39 is 17.9 Å². The number of hydrogen-bond donors (Lipinski definition) is 1. The van der Waals surface area contributed by atoms with Crippen molar-refractivity contribution in [3.8, 4) is 11.8 Å². The number of pyridine rings is 1. The van der Waals surface area contributed by atoms with Crippen molar-refractivity contribution < 1.29 is 23.1 Å². The number of carbonyl (C=O) groups excluding carboxylic acids is 2. The fraction of sp³-hybridized carbons (Fsp3) is 0.429. The second-order valence-corrected chi connectivity index (χ2v) is 8.67. The quantitative estimate of drug-likeness (QED) is 0.733. The second kappa shape index (κ2) is 8.67. The number of ether oxygens (including phenoxy) is 1. The zero-order chi connectivity index (χ0) is 22.0. The van der Waals surface area contributed by atoms with E-state index in [1.807, 2.05) is 0 Å². The van der Waals surface area contributed by atoms with E-state index in [1.165, 1.54) is 22.9 Å². The van der Waals surface area contributed by atoms with Crippen LogP contribution in [0.3, 0.4) is 0 Å². The van der Waals surface area contributed by atoms with Crippen LogP contribution in [0, 0.1) is 17.2 Å². The molecule has 2 aliphatic rings. The molecule has 0 bridgehead atoms. The molecule has 1 saturated carbocycles. The van der Waals surface area contributed by atoms with Crippen LogP contribution in [-0.4, -0.2) is 58.4 Å². The Balaban J connectivity index is 1.42. The lowest BCUT2D eigenvalue weighted by Gasteiger charge is -2.34. The first-order valence-electron chi connectivity index (χ1n) is 9.81. The molecule has 2 heterocycles. The molecule has 4 rings (SSSR count). The summed E-state index contributed by atoms with van der Waals surface area (Å²) in [5, 5.41) is 12.3. The van der Waals surface area contributed by atoms with Crippen molar-refractivity contribution in [2.24, 2.45) is 5.92 Å². The maximum Gasteiger partial charge on any atom is 0.252 e. The molecule has 0 unspecified atom stereocenters. The molecule has 0 spiro atoms. The van der Waals surface area contributed by atoms with Gasteiger partial charge >= 0.3 is 0 Å². The van der Waals surface area contributed by atoms with Crippen LogP contribution >= 0.6 is 11.8 Å². The highest BCUT2D eigenvalue weighted by Crippen LogP contribution is 2.42. The lowest BCUT2D eigenvalue weighted by Crippen LogP contribution is -2.42. The predicted octanol–water partition coefficient (Wildman–Crippen LogP) is 2.81. The van der Waals surface area contributed by atoms with Gasteiger partial charge in [-0.25, -0.2) is 8.78 Å². The topological polar surface area (TPSA) is 95.3 Å². The van der Waals surface area contributed by atoms with E-state index in [-0.39, 0.29) is 37.8 Å². The standard InChI is InChI=1S/C21H20F2N4O3S/c22-21(23)6-13(7-21)10-30-15-1-2-18-17(5-15)16(3-4-25-18)20(29)26-9-19(28)27-12-31-11-14(27)8-24/h1-5,13-14H,6-7,9-12H2,(H,26,29)/t14-/m1/s1. The van der Waals surface area contributed by atoms with Gasteiger partial charge in [-0.15, -0.1) is 11.8 Å². The number of benzene rings is 1. The summed E-state index contributed by atoms with van der Waals surface area (Å²) >= 11 is 1.50. The van der Waals surface area contributed by atoms with Crippen molar-refractivity contribution in [3.63, 3.8) is 0 Å². The van der Waals surface area contributed by atoms with Crippen LogP contribution in [0.1, 0.15) is 23.2 Å². The molecule has 1 aromatic heterocycles. The number of aromatic nitrogens is 1. The van der Waals surface area contributed by atoms with Crippen molar-refractivity contribution in [1.82, 2.24) is 15.2 Å². The second-order valence-electron chi connectivity index (χ2n) is 7.67. The average molecular weight is 446 g/mol. The molecule has 2 aromatic rings. The zero-order valence-electron chi connectivity index (χ0n) is 16.5. The number of carbonyl (C=O) groups is 2. The van der Waals surface area contributed by atoms with Crippen LogP contribution < -0.4 is 10.1 Å². The van der Waals surface area contributed by atoms with Crippen LogP contribution in [0.4, 0.5) is 8.78 Å². The summed E-state index contributed by atoms with van der Waals surface area (Å²) in [5.74, 6) is -2.08. The van der Waals surface area contributed by atoms with Crippen LogP contribution in [-0.2, 0) is 4.79 Å². The summed E-state index contributed by atoms with van der Waals surface area (Å²) < 4.78 is 31.6. The highest BCUT2D eigenvalue weighted by molar-refractivity contribution is 7.99. The van der Waals surface area contributed by atoms with Crippen molar-refractivity contribution >= 4 is 34.5 Å². The van der Waals surface area contributed by atoms with Gasteiger partial charge in [0, 0.05) is 36.1 Å². The number of alkyl halides is 2. The Labute approximate surface area is 181 Å². The molecule has 1 N–H and O–H groups in total. The van der Waals surface area contributed by atoms with Crippen LogP contribution in [0.15, 0.2) is 30.5 Å². The maximum absolute atomic E-state index is 13.0. The summed E-state index contributed by atoms with van der Waals surface area (Å²) in [7, 11) is 0. The Kier molecular flexibility index (Phi) is 5.96. The Morgan fingerprint density at radius 1 is 1.35 bits per heavy atom. The van der Waals surface area contributed by atoms with Gasteiger partial charge < -0.3 is 15.0 Å². The number of amides is 2. The van der Waals surface area contributed by atoms with E-state index in [0.29, 0.717) is 33.8 Å². The number of thioether (sulfide) groups is 1. The molecule has 1 aromatic carbocycles. The van der Waals surface area contributed by atoms with E-state index in [0.717, 1.165) is 0 Å². The average Bonchev–Trinajstić information content (AvgIpc) is 3.22. The van der Waals surface area contributed by atoms with Crippen LogP contribution in [0.25, 0.3) is 10.9 Å². The molecule has 162 valence electrons. The fourth-order valence-electron chi connectivity index (χ4n) is 3.68. The third kappa shape index (κ3) is 4.71. The third-order valence-corrected chi connectivity index (χ3v) is 6.38. The van der Waals surface area contributed by atoms with Crippen molar-refractivity contribution in [1.29, 1.82) is 5.26 Å². The Morgan fingerprint density at radius 3 is 2.90 bits per heavy atom. The minimum atomic E-state index is -2.59. The number of halogens is 2. The Hall–Kier alpha value is -2.93. The molecule has 1 aliphatic heterocycles. The van der Waals surface area contributed by atoms with Crippen molar-refractivity contribution in [2.45, 2.75) is 24.8 Å². The number of rotatable bonds is 6. The Bertz CT molecular complexity index is 1050. The van der Waals surface area contributed by atoms with Crippen LogP contribution in [0.2, 0.25) is 0 Å². The highest BCUT2D eigenvalue weighted by atomic mass is 32.2. The van der Waals surface area contributed by atoms with Gasteiger partial charge in [-0.1, -0.05) is 0 Å². The monoisotopic (exact) mass is 446 g/mol. The zero-order valence-corrected chi connectivity index (χ0v) is 17.3. The van der Waals surface area contributed by atoms with Gasteiger partial charge in [0.25, 0.3) is 5.91 Å². The SMILES string of the molecule is N#C[C@@H]1CSCN1C(=O)CNC(=O)c1ccnc2ccc(OCC3CC(F)(F)C3)cc12. The normalized spacial score (nSPS) is 20.2. The Morgan fingerprint density at radius 2 is 2.16 bits per heavy atom. The van der Waals surface area contributed by atoms with Gasteiger partial charge in [-0.2, -0.15) is 5.26 Å². The number of hydrogen-bond acceptors (Lipinski definition) is 6. The first-order chi connectivity index (χ1) is 14.9. The van der Waals surface area contributed by atoms with Gasteiger partial charge in [0.1, 0.15) is 11.8 Å². The van der Waals surface area contributed by atoms with Gasteiger partial charge in [0.05, 0.1) is 36.2 Å². The van der Waals surface area contributed by atoms with Gasteiger partial charge in [0.2, 0.25) is 11.8 Å². The van der Waals surface area contributed by atoms with Crippen molar-refractivity contribution in [2.75, 3.05) is 24.8 Å². The molecular formula is C21H20F2N4O3S. The summed E-state index contributed by atoms with van der Waals surface area (Å²) in [6.07, 6.45) is 1.15. The lowest BCUT2D eigenvalue weighted by molar-refractivity contribution is -0.129. The molecule has 31 heavy (non-hydrogen) atoms. The van der Waals surface area contributed by atoms with Gasteiger partial charge in [-0.05, 0) is 24.3 Å². The highest BCUT2D eigenvalue weighted by Gasteiger charge is 2.45. The summed E-state index contributed by atoms with van der Waals surface area (Å²) in [4.78, 5) is 30.8. The predicted molar refractivity (Wildman–Crippen MR) is 111 cm³/mol. The molecule has 10 heteroatoms. The first-order valence-corrected chi connectivity index (χ1v) is 11.0. The summed E-state index contributed by atoms with van der Waals surface area (Å²) in [6, 6.07) is 8.18. The van der Waals surface area contributed by atoms with E-state index in [1.54, 1.807) is 24.3 Å². The van der Waals surface area contributed by atoms with E-state index in [2.05, 4.69) is 16.4 Å². The molecular weight excluding hydrogens is 426 g/mol. The molecule has 1 aliphatic carbocycles. The van der Waals surface area contributed by atoms with E-state index >= 15 is 0 Å². The molecule has 1 saturated heterocycles. The molecule has 2 fully saturated rings. The first kappa shape index (κ1) is 21.3. The minimum absolute atomic E-state index is 0.175. The third-order valence-electron chi connectivity index (χ3n) is 5.37. The summed E-state index contributed by atoms with van der Waals surface area (Å²) in [5.41, 5.74) is 0.896. The van der Waals surface area contributed by atoms with Gasteiger partial charge in [0.15, 0.2) is 0 Å². The largest absolute Gasteiger partial charge is 0.493 e. The summed E-state index contributed by atoms with van der Waals surface area (Å²) in [6.45, 7) is -0.0290. The molecule has 0 radical (unpaired) electrons. The van der Waals surface area contributed by atoms with Crippen LogP contribution in [0.5, 0.6) is 5.75 Å². The number of nitrogens with one attached hydrogen (secondary N) is 1. The molecule has 2 amide bonds. The van der Waals surface area contributed by atoms with E-state index in [4.69, 9.17) is 10.00 Å². The molecule has 7 nitrogen and oxygen atoms in total.